The maximum absolute atomic E-state index is 9.00. The van der Waals surface area contributed by atoms with Crippen molar-refractivity contribution in [3.63, 3.8) is 0 Å². The molecule has 0 aromatic rings. The average Bonchev–Trinajstić information content (AvgIpc) is 1.41. The van der Waals surface area contributed by atoms with Gasteiger partial charge in [-0.05, 0) is 0 Å². The summed E-state index contributed by atoms with van der Waals surface area (Å²) in [6, 6.07) is 0. The van der Waals surface area contributed by atoms with Gasteiger partial charge in [-0.2, -0.15) is 0 Å². The summed E-state index contributed by atoms with van der Waals surface area (Å²) < 4.78 is 0. The van der Waals surface area contributed by atoms with E-state index < -0.39 is 5.97 Å². The molecule has 0 unspecified atom stereocenters. The molecule has 0 bridgehead atoms. The van der Waals surface area contributed by atoms with Crippen molar-refractivity contribution in [2.75, 3.05) is 0 Å². The van der Waals surface area contributed by atoms with E-state index in [4.69, 9.17) is 20.7 Å². The molecule has 0 fully saturated rings. The van der Waals surface area contributed by atoms with Crippen molar-refractivity contribution in [1.29, 1.82) is 10.8 Å². The first-order valence-corrected chi connectivity index (χ1v) is 1.13. The van der Waals surface area contributed by atoms with E-state index in [0.717, 1.165) is 6.92 Å². The molecule has 0 aliphatic rings. The lowest BCUT2D eigenvalue weighted by Gasteiger charge is -1.59. The van der Waals surface area contributed by atoms with Crippen LogP contribution in [0.4, 0.5) is 0 Å². The van der Waals surface area contributed by atoms with Crippen molar-refractivity contribution in [2.24, 2.45) is 0 Å². The van der Waals surface area contributed by atoms with Crippen LogP contribution in [0.1, 0.15) is 6.92 Å². The van der Waals surface area contributed by atoms with Crippen LogP contribution >= 0.6 is 0 Å². The summed E-state index contributed by atoms with van der Waals surface area (Å²) in [7, 11) is 0. The predicted octanol–water partition coefficient (Wildman–Crippen LogP) is 0.283. The van der Waals surface area contributed by atoms with E-state index in [2.05, 4.69) is 0 Å². The molecule has 4 N–H and O–H groups in total. The molecule has 0 aliphatic carbocycles. The van der Waals surface area contributed by atoms with Gasteiger partial charge in [-0.15, -0.1) is 0 Å². The van der Waals surface area contributed by atoms with E-state index in [0.29, 0.717) is 0 Å². The Hall–Kier alpha value is -1.15. The first kappa shape index (κ1) is 16.9. The molecule has 0 rings (SSSR count). The highest BCUT2D eigenvalue weighted by atomic mass is 16.4. The molecule has 0 saturated heterocycles. The van der Waals surface area contributed by atoms with Crippen LogP contribution in [0.5, 0.6) is 0 Å². The standard InChI is InChI=1S/C2H4O2.N2.H3N/c1-2(3)4;1-2;/h1H3,(H,3,4);;1H3. The quantitative estimate of drug-likeness (QED) is 0.428. The van der Waals surface area contributed by atoms with E-state index in [1.165, 1.54) is 0 Å². The topological polar surface area (TPSA) is 120 Å². The van der Waals surface area contributed by atoms with Crippen molar-refractivity contribution < 1.29 is 9.90 Å². The molecular formula is C2H7N3O2. The number of aliphatic carboxylic acids is 1. The monoisotopic (exact) mass is 105 g/mol. The van der Waals surface area contributed by atoms with Crippen LogP contribution in [-0.4, -0.2) is 11.1 Å². The van der Waals surface area contributed by atoms with Gasteiger partial charge in [-0.3, -0.25) is 4.79 Å². The third-order valence-corrected chi connectivity index (χ3v) is 0. The molecule has 0 spiro atoms. The van der Waals surface area contributed by atoms with Gasteiger partial charge < -0.3 is 11.3 Å². The van der Waals surface area contributed by atoms with Gasteiger partial charge in [0, 0.05) is 17.7 Å². The molecule has 0 heterocycles. The Morgan fingerprint density at radius 2 is 1.57 bits per heavy atom. The SMILES string of the molecule is CC(=O)O.N.N#N. The van der Waals surface area contributed by atoms with Gasteiger partial charge in [0.25, 0.3) is 5.97 Å². The second kappa shape index (κ2) is 21.0. The first-order chi connectivity index (χ1) is 2.73. The largest absolute Gasteiger partial charge is 0.481 e. The molecule has 5 nitrogen and oxygen atoms in total. The predicted molar refractivity (Wildman–Crippen MR) is 21.8 cm³/mol. The van der Waals surface area contributed by atoms with Crippen molar-refractivity contribution >= 4 is 5.97 Å². The van der Waals surface area contributed by atoms with Gasteiger partial charge in [0.1, 0.15) is 0 Å². The van der Waals surface area contributed by atoms with Crippen LogP contribution < -0.4 is 6.15 Å². The van der Waals surface area contributed by atoms with E-state index in [9.17, 15) is 0 Å². The van der Waals surface area contributed by atoms with Crippen LogP contribution in [0, 0.1) is 10.8 Å². The van der Waals surface area contributed by atoms with Crippen LogP contribution in [0.15, 0.2) is 0 Å². The van der Waals surface area contributed by atoms with Gasteiger partial charge >= 0.3 is 0 Å². The summed E-state index contributed by atoms with van der Waals surface area (Å²) in [4.78, 5) is 9.00. The van der Waals surface area contributed by atoms with Gasteiger partial charge in [0.2, 0.25) is 0 Å². The van der Waals surface area contributed by atoms with Crippen molar-refractivity contribution in [2.45, 2.75) is 6.92 Å². The van der Waals surface area contributed by atoms with Crippen LogP contribution in [0.3, 0.4) is 0 Å². The molecule has 0 atom stereocenters. The summed E-state index contributed by atoms with van der Waals surface area (Å²) >= 11 is 0. The maximum atomic E-state index is 9.00. The number of carboxylic acids is 1. The zero-order valence-corrected chi connectivity index (χ0v) is 3.96. The van der Waals surface area contributed by atoms with E-state index in [1.54, 1.807) is 0 Å². The Kier molecular flexibility index (Phi) is 50.8. The van der Waals surface area contributed by atoms with Gasteiger partial charge in [-0.1, -0.05) is 0 Å². The Morgan fingerprint density at radius 1 is 1.57 bits per heavy atom. The van der Waals surface area contributed by atoms with Crippen molar-refractivity contribution in [1.82, 2.24) is 6.15 Å². The minimum Gasteiger partial charge on any atom is -0.481 e. The highest BCUT2D eigenvalue weighted by molar-refractivity contribution is 5.62. The molecular weight excluding hydrogens is 98.0 g/mol. The number of hydrogen-bond donors (Lipinski definition) is 2. The van der Waals surface area contributed by atoms with Crippen molar-refractivity contribution in [3.05, 3.63) is 0 Å². The molecule has 0 aromatic heterocycles. The number of nitrogens with zero attached hydrogens (tertiary/aromatic N) is 2. The fourth-order valence-electron chi connectivity index (χ4n) is 0. The Labute approximate surface area is 41.0 Å². The Bertz CT molecular complexity index is 55.2. The van der Waals surface area contributed by atoms with Crippen LogP contribution in [-0.2, 0) is 4.79 Å². The zero-order chi connectivity index (χ0) is 5.58. The summed E-state index contributed by atoms with van der Waals surface area (Å²) in [5.41, 5.74) is 0. The summed E-state index contributed by atoms with van der Waals surface area (Å²) in [5, 5.41) is 19.4. The zero-order valence-electron chi connectivity index (χ0n) is 3.96. The lowest BCUT2D eigenvalue weighted by molar-refractivity contribution is -0.134. The lowest BCUT2D eigenvalue weighted by atomic mass is 10.9. The fourth-order valence-corrected chi connectivity index (χ4v) is 0. The number of rotatable bonds is 0. The summed E-state index contributed by atoms with van der Waals surface area (Å²) in [6.07, 6.45) is 0. The molecule has 0 aromatic carbocycles. The highest BCUT2D eigenvalue weighted by Crippen LogP contribution is 1.42. The van der Waals surface area contributed by atoms with Gasteiger partial charge in [0.05, 0.1) is 0 Å². The highest BCUT2D eigenvalue weighted by Gasteiger charge is 1.65. The summed E-state index contributed by atoms with van der Waals surface area (Å²) in [5.74, 6) is -0.833. The molecule has 0 saturated carbocycles. The normalized spacial score (nSPS) is 3.86. The lowest BCUT2D eigenvalue weighted by Crippen LogP contribution is -1.78. The van der Waals surface area contributed by atoms with E-state index in [-0.39, 0.29) is 6.15 Å². The number of hydrogen-bond acceptors (Lipinski definition) is 4. The third kappa shape index (κ3) is 29.8. The summed E-state index contributed by atoms with van der Waals surface area (Å²) in [6.45, 7) is 1.08. The number of carbonyl (C=O) groups is 1. The first-order valence-electron chi connectivity index (χ1n) is 1.13. The third-order valence-electron chi connectivity index (χ3n) is 0. The molecule has 0 aliphatic heterocycles. The second-order valence-electron chi connectivity index (χ2n) is 0.519. The van der Waals surface area contributed by atoms with Gasteiger partial charge in [0.15, 0.2) is 0 Å². The minimum absolute atomic E-state index is 0. The average molecular weight is 105 g/mol. The Morgan fingerprint density at radius 3 is 1.57 bits per heavy atom. The molecule has 0 radical (unpaired) electrons. The van der Waals surface area contributed by atoms with E-state index in [1.807, 2.05) is 0 Å². The van der Waals surface area contributed by atoms with Crippen LogP contribution in [0.2, 0.25) is 0 Å². The van der Waals surface area contributed by atoms with Crippen LogP contribution in [0.25, 0.3) is 0 Å². The molecule has 0 amide bonds. The van der Waals surface area contributed by atoms with Crippen molar-refractivity contribution in [3.8, 4) is 0 Å². The second-order valence-corrected chi connectivity index (χ2v) is 0.519. The molecule has 42 valence electrons. The van der Waals surface area contributed by atoms with Gasteiger partial charge in [-0.25, -0.2) is 0 Å². The number of carboxylic acid groups (broad SMARTS) is 1. The van der Waals surface area contributed by atoms with E-state index >= 15 is 0 Å². The molecule has 7 heavy (non-hydrogen) atoms. The molecule has 5 heteroatoms. The Balaban J connectivity index is -0.0000000480. The fraction of sp³-hybridized carbons (Fsp3) is 0.500. The minimum atomic E-state index is -0.833. The maximum Gasteiger partial charge on any atom is 0.300 e. The smallest absolute Gasteiger partial charge is 0.300 e.